The minimum absolute atomic E-state index is 0.253. The van der Waals surface area contributed by atoms with Crippen molar-refractivity contribution in [3.8, 4) is 23.3 Å². The second kappa shape index (κ2) is 7.25. The normalized spacial score (nSPS) is 11.5. The molecule has 0 radical (unpaired) electrons. The lowest BCUT2D eigenvalue weighted by Crippen LogP contribution is -2.16. The average Bonchev–Trinajstić information content (AvgIpc) is 2.97. The molecule has 0 bridgehead atoms. The van der Waals surface area contributed by atoms with Gasteiger partial charge in [0.25, 0.3) is 0 Å². The summed E-state index contributed by atoms with van der Waals surface area (Å²) in [7, 11) is 0. The molecule has 0 saturated carbocycles. The van der Waals surface area contributed by atoms with Crippen LogP contribution in [0.15, 0.2) is 35.4 Å². The largest absolute Gasteiger partial charge is 0.573 e. The summed E-state index contributed by atoms with van der Waals surface area (Å²) in [6.45, 7) is 1.99. The van der Waals surface area contributed by atoms with Gasteiger partial charge in [-0.05, 0) is 29.5 Å². The Labute approximate surface area is 151 Å². The van der Waals surface area contributed by atoms with Gasteiger partial charge < -0.3 is 9.72 Å². The summed E-state index contributed by atoms with van der Waals surface area (Å²) in [6.07, 6.45) is -2.90. The van der Waals surface area contributed by atoms with E-state index in [2.05, 4.69) is 25.8 Å². The van der Waals surface area contributed by atoms with Crippen molar-refractivity contribution < 1.29 is 17.9 Å². The molecule has 0 aliphatic heterocycles. The molecule has 134 valence electrons. The first kappa shape index (κ1) is 18.1. The molecule has 26 heavy (non-hydrogen) atoms. The number of aromatic amines is 1. The van der Waals surface area contributed by atoms with Gasteiger partial charge in [0.2, 0.25) is 0 Å². The number of thioether (sulfide) groups is 1. The van der Waals surface area contributed by atoms with E-state index in [1.165, 1.54) is 18.2 Å². The van der Waals surface area contributed by atoms with Crippen LogP contribution in [0.4, 0.5) is 13.2 Å². The Morgan fingerprint density at radius 2 is 2.12 bits per heavy atom. The minimum Gasteiger partial charge on any atom is -0.406 e. The Hall–Kier alpha value is -2.73. The average molecular weight is 378 g/mol. The molecule has 0 spiro atoms. The zero-order chi connectivity index (χ0) is 18.7. The van der Waals surface area contributed by atoms with Crippen molar-refractivity contribution >= 4 is 22.8 Å². The van der Waals surface area contributed by atoms with Gasteiger partial charge in [0, 0.05) is 17.2 Å². The summed E-state index contributed by atoms with van der Waals surface area (Å²) >= 11 is 1.55. The zero-order valence-corrected chi connectivity index (χ0v) is 14.4. The van der Waals surface area contributed by atoms with Gasteiger partial charge in [-0.25, -0.2) is 4.98 Å². The number of H-pyrrole nitrogens is 1. The van der Waals surface area contributed by atoms with Crippen molar-refractivity contribution in [1.82, 2.24) is 15.0 Å². The molecule has 0 atom stereocenters. The standard InChI is InChI=1S/C17H13F3N4OS/c1-2-26-14-7-10(5-6-21)9-22-15(14)16-23-12-4-3-11(8-13(12)24-16)25-17(18,19)20/h3-4,7-9H,2,5H2,1H3,(H,23,24). The number of imidazole rings is 1. The van der Waals surface area contributed by atoms with Crippen LogP contribution in [0.3, 0.4) is 0 Å². The lowest BCUT2D eigenvalue weighted by atomic mass is 10.2. The van der Waals surface area contributed by atoms with Crippen LogP contribution in [-0.4, -0.2) is 27.1 Å². The first-order chi connectivity index (χ1) is 12.4. The number of benzene rings is 1. The maximum atomic E-state index is 12.4. The van der Waals surface area contributed by atoms with Crippen LogP contribution in [0.2, 0.25) is 0 Å². The van der Waals surface area contributed by atoms with Crippen molar-refractivity contribution in [3.05, 3.63) is 36.0 Å². The highest BCUT2D eigenvalue weighted by molar-refractivity contribution is 7.99. The van der Waals surface area contributed by atoms with Crippen LogP contribution >= 0.6 is 11.8 Å². The number of nitriles is 1. The maximum absolute atomic E-state index is 12.4. The molecule has 0 unspecified atom stereocenters. The molecule has 0 saturated heterocycles. The van der Waals surface area contributed by atoms with E-state index in [1.54, 1.807) is 18.0 Å². The van der Waals surface area contributed by atoms with E-state index in [1.807, 2.05) is 13.0 Å². The number of halogens is 3. The minimum atomic E-state index is -4.75. The lowest BCUT2D eigenvalue weighted by Gasteiger charge is -2.07. The Kier molecular flexibility index (Phi) is 5.04. The molecule has 5 nitrogen and oxygen atoms in total. The Morgan fingerprint density at radius 3 is 2.81 bits per heavy atom. The number of nitrogens with zero attached hydrogens (tertiary/aromatic N) is 3. The molecular weight excluding hydrogens is 365 g/mol. The zero-order valence-electron chi connectivity index (χ0n) is 13.6. The van der Waals surface area contributed by atoms with Crippen molar-refractivity contribution in [2.75, 3.05) is 5.75 Å². The fraction of sp³-hybridized carbons (Fsp3) is 0.235. The molecule has 0 aliphatic carbocycles. The molecular formula is C17H13F3N4OS. The van der Waals surface area contributed by atoms with Crippen LogP contribution < -0.4 is 4.74 Å². The van der Waals surface area contributed by atoms with E-state index >= 15 is 0 Å². The Morgan fingerprint density at radius 1 is 1.31 bits per heavy atom. The number of rotatable bonds is 5. The van der Waals surface area contributed by atoms with Gasteiger partial charge >= 0.3 is 6.36 Å². The first-order valence-corrected chi connectivity index (χ1v) is 8.62. The molecule has 1 aromatic carbocycles. The highest BCUT2D eigenvalue weighted by atomic mass is 32.2. The van der Waals surface area contributed by atoms with Gasteiger partial charge in [0.15, 0.2) is 5.82 Å². The number of hydrogen-bond donors (Lipinski definition) is 1. The number of ether oxygens (including phenoxy) is 1. The summed E-state index contributed by atoms with van der Waals surface area (Å²) in [5.74, 6) is 0.929. The molecule has 0 aliphatic rings. The summed E-state index contributed by atoms with van der Waals surface area (Å²) < 4.78 is 41.0. The monoisotopic (exact) mass is 378 g/mol. The van der Waals surface area contributed by atoms with Crippen LogP contribution in [0.5, 0.6) is 5.75 Å². The van der Waals surface area contributed by atoms with Crippen molar-refractivity contribution in [3.63, 3.8) is 0 Å². The van der Waals surface area contributed by atoms with Crippen molar-refractivity contribution in [2.45, 2.75) is 24.6 Å². The molecule has 0 fully saturated rings. The summed E-state index contributed by atoms with van der Waals surface area (Å²) in [4.78, 5) is 12.6. The van der Waals surface area contributed by atoms with Gasteiger partial charge in [-0.15, -0.1) is 24.9 Å². The Balaban J connectivity index is 2.01. The summed E-state index contributed by atoms with van der Waals surface area (Å²) in [5.41, 5.74) is 2.30. The second-order valence-corrected chi connectivity index (χ2v) is 6.58. The summed E-state index contributed by atoms with van der Waals surface area (Å²) in [6, 6.07) is 7.87. The number of aromatic nitrogens is 3. The smallest absolute Gasteiger partial charge is 0.406 e. The topological polar surface area (TPSA) is 74.6 Å². The number of nitrogens with one attached hydrogen (secondary N) is 1. The van der Waals surface area contributed by atoms with Crippen LogP contribution in [0, 0.1) is 11.3 Å². The Bertz CT molecular complexity index is 978. The van der Waals surface area contributed by atoms with E-state index in [0.29, 0.717) is 22.6 Å². The van der Waals surface area contributed by atoms with Crippen molar-refractivity contribution in [2.24, 2.45) is 0 Å². The number of pyridine rings is 1. The van der Waals surface area contributed by atoms with Crippen LogP contribution in [-0.2, 0) is 6.42 Å². The van der Waals surface area contributed by atoms with Gasteiger partial charge in [-0.1, -0.05) is 6.92 Å². The highest BCUT2D eigenvalue weighted by Gasteiger charge is 2.31. The predicted molar refractivity (Wildman–Crippen MR) is 91.7 cm³/mol. The highest BCUT2D eigenvalue weighted by Crippen LogP contribution is 2.31. The number of hydrogen-bond acceptors (Lipinski definition) is 5. The van der Waals surface area contributed by atoms with Gasteiger partial charge in [-0.2, -0.15) is 5.26 Å². The fourth-order valence-electron chi connectivity index (χ4n) is 2.41. The maximum Gasteiger partial charge on any atom is 0.573 e. The van der Waals surface area contributed by atoms with E-state index in [4.69, 9.17) is 5.26 Å². The van der Waals surface area contributed by atoms with E-state index < -0.39 is 6.36 Å². The van der Waals surface area contributed by atoms with Crippen LogP contribution in [0.25, 0.3) is 22.6 Å². The molecule has 2 heterocycles. The number of alkyl halides is 3. The van der Waals surface area contributed by atoms with E-state index in [9.17, 15) is 13.2 Å². The molecule has 1 N–H and O–H groups in total. The first-order valence-electron chi connectivity index (χ1n) is 7.64. The quantitative estimate of drug-likeness (QED) is 0.651. The third kappa shape index (κ3) is 4.08. The lowest BCUT2D eigenvalue weighted by molar-refractivity contribution is -0.274. The SMILES string of the molecule is CCSc1cc(CC#N)cnc1-c1nc2ccc(OC(F)(F)F)cc2[nH]1. The third-order valence-corrected chi connectivity index (χ3v) is 4.31. The van der Waals surface area contributed by atoms with Gasteiger partial charge in [0.1, 0.15) is 11.4 Å². The fourth-order valence-corrected chi connectivity index (χ4v) is 3.25. The predicted octanol–water partition coefficient (Wildman–Crippen LogP) is 4.70. The van der Waals surface area contributed by atoms with E-state index in [0.717, 1.165) is 16.2 Å². The van der Waals surface area contributed by atoms with E-state index in [-0.39, 0.29) is 12.2 Å². The van der Waals surface area contributed by atoms with Crippen molar-refractivity contribution in [1.29, 1.82) is 5.26 Å². The molecule has 9 heteroatoms. The van der Waals surface area contributed by atoms with Crippen LogP contribution in [0.1, 0.15) is 12.5 Å². The van der Waals surface area contributed by atoms with Gasteiger partial charge in [0.05, 0.1) is 23.5 Å². The molecule has 0 amide bonds. The third-order valence-electron chi connectivity index (χ3n) is 3.40. The van der Waals surface area contributed by atoms with Gasteiger partial charge in [-0.3, -0.25) is 4.98 Å². The second-order valence-electron chi connectivity index (χ2n) is 5.27. The molecule has 2 aromatic heterocycles. The summed E-state index contributed by atoms with van der Waals surface area (Å²) in [5, 5.41) is 8.83. The number of fused-ring (bicyclic) bond motifs is 1. The molecule has 3 rings (SSSR count). The molecule has 3 aromatic rings.